The number of hydrogen-bond acceptors (Lipinski definition) is 4. The summed E-state index contributed by atoms with van der Waals surface area (Å²) in [6.45, 7) is 5.00. The van der Waals surface area contributed by atoms with Gasteiger partial charge in [0.2, 0.25) is 0 Å². The molecule has 0 aromatic heterocycles. The lowest BCUT2D eigenvalue weighted by Crippen LogP contribution is -2.53. The Labute approximate surface area is 200 Å². The summed E-state index contributed by atoms with van der Waals surface area (Å²) in [6.07, 6.45) is 4.97. The maximum Gasteiger partial charge on any atom is 0.319 e. The number of anilines is 1. The molecule has 2 heterocycles. The summed E-state index contributed by atoms with van der Waals surface area (Å²) in [4.78, 5) is 26.7. The molecule has 34 heavy (non-hydrogen) atoms. The molecule has 0 saturated carbocycles. The molecule has 1 unspecified atom stereocenters. The van der Waals surface area contributed by atoms with E-state index in [0.29, 0.717) is 23.8 Å². The monoisotopic (exact) mass is 467 g/mol. The van der Waals surface area contributed by atoms with Crippen molar-refractivity contribution in [3.63, 3.8) is 0 Å². The summed E-state index contributed by atoms with van der Waals surface area (Å²) < 4.78 is 19.3. The van der Waals surface area contributed by atoms with E-state index in [0.717, 1.165) is 45.3 Å². The third kappa shape index (κ3) is 6.87. The first-order valence-corrected chi connectivity index (χ1v) is 12.2. The molecule has 2 aromatic carbocycles. The van der Waals surface area contributed by atoms with Gasteiger partial charge in [-0.2, -0.15) is 0 Å². The number of ether oxygens (including phenoxy) is 1. The maximum absolute atomic E-state index is 13.2. The number of halogens is 1. The zero-order chi connectivity index (χ0) is 23.9. The molecule has 2 aliphatic heterocycles. The second-order valence-corrected chi connectivity index (χ2v) is 9.49. The molecule has 6 nitrogen and oxygen atoms in total. The van der Waals surface area contributed by atoms with Gasteiger partial charge in [-0.25, -0.2) is 9.18 Å². The van der Waals surface area contributed by atoms with Crippen LogP contribution >= 0.6 is 0 Å². The number of likely N-dealkylation sites (tertiary alicyclic amines) is 1. The molecule has 7 heteroatoms. The highest BCUT2D eigenvalue weighted by Crippen LogP contribution is 2.23. The second-order valence-electron chi connectivity index (χ2n) is 9.49. The van der Waals surface area contributed by atoms with Gasteiger partial charge in [-0.1, -0.05) is 24.3 Å². The number of nitrogens with zero attached hydrogens (tertiary/aromatic N) is 1. The zero-order valence-electron chi connectivity index (χ0n) is 19.8. The lowest BCUT2D eigenvalue weighted by atomic mass is 9.90. The first-order chi connectivity index (χ1) is 16.5. The number of ketones is 1. The van der Waals surface area contributed by atoms with Gasteiger partial charge in [0, 0.05) is 30.9 Å². The molecule has 0 radical (unpaired) electrons. The van der Waals surface area contributed by atoms with E-state index >= 15 is 0 Å². The topological polar surface area (TPSA) is 70.7 Å². The van der Waals surface area contributed by atoms with Crippen molar-refractivity contribution in [1.82, 2.24) is 10.2 Å². The predicted octanol–water partition coefficient (Wildman–Crippen LogP) is 4.65. The van der Waals surface area contributed by atoms with E-state index < -0.39 is 0 Å². The van der Waals surface area contributed by atoms with Gasteiger partial charge in [0.25, 0.3) is 0 Å². The van der Waals surface area contributed by atoms with E-state index in [9.17, 15) is 14.0 Å². The number of carbonyl (C=O) groups excluding carboxylic acids is 2. The molecule has 0 aliphatic carbocycles. The van der Waals surface area contributed by atoms with Crippen LogP contribution in [0.3, 0.4) is 0 Å². The molecule has 3 atom stereocenters. The fourth-order valence-corrected chi connectivity index (χ4v) is 5.03. The Kier molecular flexibility index (Phi) is 8.29. The van der Waals surface area contributed by atoms with Crippen LogP contribution in [-0.2, 0) is 11.2 Å². The zero-order valence-corrected chi connectivity index (χ0v) is 19.8. The number of nitrogens with one attached hydrogen (secondary N) is 2. The Morgan fingerprint density at radius 2 is 1.94 bits per heavy atom. The molecule has 2 amide bonds. The van der Waals surface area contributed by atoms with E-state index in [2.05, 4.69) is 15.5 Å². The van der Waals surface area contributed by atoms with Crippen LogP contribution in [0.5, 0.6) is 0 Å². The number of Topliss-reactive ketones (excluding diaryl/α,β-unsaturated/α-hetero) is 1. The van der Waals surface area contributed by atoms with E-state index in [1.165, 1.54) is 31.0 Å². The molecular weight excluding hydrogens is 433 g/mol. The average molecular weight is 468 g/mol. The normalized spacial score (nSPS) is 23.3. The maximum atomic E-state index is 13.2. The highest BCUT2D eigenvalue weighted by molar-refractivity contribution is 5.96. The minimum atomic E-state index is -0.283. The Bertz CT molecular complexity index is 981. The van der Waals surface area contributed by atoms with Crippen LogP contribution in [0, 0.1) is 11.7 Å². The van der Waals surface area contributed by atoms with Gasteiger partial charge in [-0.15, -0.1) is 0 Å². The number of carbonyl (C=O) groups is 2. The lowest BCUT2D eigenvalue weighted by Gasteiger charge is -2.39. The van der Waals surface area contributed by atoms with Crippen LogP contribution in [0.2, 0.25) is 0 Å². The SMILES string of the molecule is CC(=O)c1cccc(NC(=O)N[C@@H]2CCCO[C@H]2CN2CCCC(Cc3ccc(F)cc3)C2)c1. The number of rotatable bonds is 7. The van der Waals surface area contributed by atoms with E-state index in [1.807, 2.05) is 12.1 Å². The third-order valence-electron chi connectivity index (χ3n) is 6.76. The Morgan fingerprint density at radius 3 is 2.74 bits per heavy atom. The Morgan fingerprint density at radius 1 is 1.12 bits per heavy atom. The third-order valence-corrected chi connectivity index (χ3v) is 6.76. The molecule has 0 bridgehead atoms. The van der Waals surface area contributed by atoms with Crippen molar-refractivity contribution in [1.29, 1.82) is 0 Å². The predicted molar refractivity (Wildman–Crippen MR) is 131 cm³/mol. The summed E-state index contributed by atoms with van der Waals surface area (Å²) in [5.41, 5.74) is 2.34. The second kappa shape index (κ2) is 11.6. The van der Waals surface area contributed by atoms with Gasteiger partial charge in [-0.3, -0.25) is 4.79 Å². The average Bonchev–Trinajstić information content (AvgIpc) is 2.82. The van der Waals surface area contributed by atoms with Crippen molar-refractivity contribution in [2.75, 3.05) is 31.6 Å². The van der Waals surface area contributed by atoms with Crippen molar-refractivity contribution >= 4 is 17.5 Å². The van der Waals surface area contributed by atoms with Gasteiger partial charge in [0.05, 0.1) is 12.1 Å². The van der Waals surface area contributed by atoms with Crippen LogP contribution < -0.4 is 10.6 Å². The van der Waals surface area contributed by atoms with Crippen LogP contribution in [-0.4, -0.2) is 55.1 Å². The van der Waals surface area contributed by atoms with E-state index in [1.54, 1.807) is 24.3 Å². The number of piperidine rings is 1. The van der Waals surface area contributed by atoms with Crippen molar-refractivity contribution < 1.29 is 18.7 Å². The van der Waals surface area contributed by atoms with Crippen LogP contribution in [0.4, 0.5) is 14.9 Å². The summed E-state index contributed by atoms with van der Waals surface area (Å²) in [6, 6.07) is 13.4. The number of urea groups is 1. The Balaban J connectivity index is 1.30. The molecule has 182 valence electrons. The van der Waals surface area contributed by atoms with Gasteiger partial charge in [0.1, 0.15) is 5.82 Å². The number of hydrogen-bond donors (Lipinski definition) is 2. The highest BCUT2D eigenvalue weighted by Gasteiger charge is 2.31. The van der Waals surface area contributed by atoms with Gasteiger partial charge in [0.15, 0.2) is 5.78 Å². The molecule has 4 rings (SSSR count). The quantitative estimate of drug-likeness (QED) is 0.582. The molecule has 2 aliphatic rings. The summed E-state index contributed by atoms with van der Waals surface area (Å²) in [5.74, 6) is 0.299. The first kappa shape index (κ1) is 24.4. The minimum absolute atomic E-state index is 0.0379. The van der Waals surface area contributed by atoms with Gasteiger partial charge in [-0.05, 0) is 81.3 Å². The minimum Gasteiger partial charge on any atom is -0.375 e. The molecule has 0 spiro atoms. The highest BCUT2D eigenvalue weighted by atomic mass is 19.1. The van der Waals surface area contributed by atoms with Gasteiger partial charge >= 0.3 is 6.03 Å². The van der Waals surface area contributed by atoms with Crippen LogP contribution in [0.25, 0.3) is 0 Å². The fourth-order valence-electron chi connectivity index (χ4n) is 5.03. The van der Waals surface area contributed by atoms with Crippen molar-refractivity contribution in [2.45, 2.75) is 51.2 Å². The molecular formula is C27H34FN3O3. The lowest BCUT2D eigenvalue weighted by molar-refractivity contribution is -0.0306. The van der Waals surface area contributed by atoms with E-state index in [-0.39, 0.29) is 29.8 Å². The summed E-state index contributed by atoms with van der Waals surface area (Å²) in [7, 11) is 0. The van der Waals surface area contributed by atoms with Crippen LogP contribution in [0.15, 0.2) is 48.5 Å². The van der Waals surface area contributed by atoms with Crippen molar-refractivity contribution in [2.24, 2.45) is 5.92 Å². The smallest absolute Gasteiger partial charge is 0.319 e. The summed E-state index contributed by atoms with van der Waals surface area (Å²) >= 11 is 0. The van der Waals surface area contributed by atoms with Crippen molar-refractivity contribution in [3.8, 4) is 0 Å². The Hall–Kier alpha value is -2.77. The molecule has 2 saturated heterocycles. The molecule has 2 fully saturated rings. The van der Waals surface area contributed by atoms with Gasteiger partial charge < -0.3 is 20.3 Å². The van der Waals surface area contributed by atoms with Crippen LogP contribution in [0.1, 0.15) is 48.5 Å². The largest absolute Gasteiger partial charge is 0.375 e. The fraction of sp³-hybridized carbons (Fsp3) is 0.481. The number of benzene rings is 2. The summed E-state index contributed by atoms with van der Waals surface area (Å²) in [5, 5.41) is 5.94. The number of amides is 2. The molecule has 2 N–H and O–H groups in total. The first-order valence-electron chi connectivity index (χ1n) is 12.2. The van der Waals surface area contributed by atoms with E-state index in [4.69, 9.17) is 4.74 Å². The molecule has 2 aromatic rings. The standard InChI is InChI=1S/C27H34FN3O3/c1-19(32)22-6-2-7-24(16-22)29-27(33)30-25-8-4-14-34-26(25)18-31-13-3-5-21(17-31)15-20-9-11-23(28)12-10-20/h2,6-7,9-12,16,21,25-26H,3-5,8,13-15,17-18H2,1H3,(H2,29,30,33)/t21?,25-,26+/m1/s1. The van der Waals surface area contributed by atoms with Crippen molar-refractivity contribution in [3.05, 3.63) is 65.5 Å².